The Morgan fingerprint density at radius 2 is 1.63 bits per heavy atom. The fraction of sp³-hybridized carbons (Fsp3) is 0.867. The van der Waals surface area contributed by atoms with E-state index in [2.05, 4.69) is 10.1 Å². The number of methoxy groups -OCH3 is 1. The van der Waals surface area contributed by atoms with E-state index in [1.165, 1.54) is 39.2 Å². The molecule has 0 aromatic heterocycles. The van der Waals surface area contributed by atoms with Crippen molar-refractivity contribution in [2.24, 2.45) is 29.6 Å². The molecule has 0 aromatic rings. The van der Waals surface area contributed by atoms with Gasteiger partial charge in [0.2, 0.25) is 5.91 Å². The van der Waals surface area contributed by atoms with E-state index in [9.17, 15) is 9.59 Å². The summed E-state index contributed by atoms with van der Waals surface area (Å²) in [6.45, 7) is 0.411. The van der Waals surface area contributed by atoms with Crippen molar-refractivity contribution in [1.29, 1.82) is 0 Å². The molecule has 4 aliphatic carbocycles. The minimum Gasteiger partial charge on any atom is -0.469 e. The number of hydrogen-bond acceptors (Lipinski definition) is 3. The third-order valence-corrected chi connectivity index (χ3v) is 5.39. The lowest BCUT2D eigenvalue weighted by atomic mass is 9.51. The zero-order chi connectivity index (χ0) is 13.4. The van der Waals surface area contributed by atoms with E-state index in [1.54, 1.807) is 0 Å². The van der Waals surface area contributed by atoms with Crippen LogP contribution in [0.3, 0.4) is 0 Å². The molecule has 0 unspecified atom stereocenters. The molecule has 4 aliphatic rings. The highest BCUT2D eigenvalue weighted by molar-refractivity contribution is 5.80. The Balaban J connectivity index is 1.54. The summed E-state index contributed by atoms with van der Waals surface area (Å²) in [7, 11) is 1.38. The highest BCUT2D eigenvalue weighted by atomic mass is 16.5. The van der Waals surface area contributed by atoms with E-state index in [0.717, 1.165) is 11.8 Å². The number of nitrogens with one attached hydrogen (secondary N) is 1. The standard InChI is InChI=1S/C15H23NO3/c1-19-13(17)2-3-16-15(18)14-11-5-9-4-10(7-11)8-12(14)6-9/h9-12,14H,2-8H2,1H3,(H,16,18). The van der Waals surface area contributed by atoms with Crippen LogP contribution in [0.5, 0.6) is 0 Å². The number of ether oxygens (including phenoxy) is 1. The van der Waals surface area contributed by atoms with Crippen LogP contribution in [-0.2, 0) is 14.3 Å². The number of carbonyl (C=O) groups excluding carboxylic acids is 2. The second-order valence-electron chi connectivity index (χ2n) is 6.57. The molecule has 4 bridgehead atoms. The monoisotopic (exact) mass is 265 g/mol. The number of rotatable bonds is 4. The number of hydrogen-bond donors (Lipinski definition) is 1. The van der Waals surface area contributed by atoms with Crippen molar-refractivity contribution in [3.8, 4) is 0 Å². The van der Waals surface area contributed by atoms with Gasteiger partial charge in [0.25, 0.3) is 0 Å². The second kappa shape index (κ2) is 5.14. The fourth-order valence-electron chi connectivity index (χ4n) is 4.86. The van der Waals surface area contributed by atoms with Gasteiger partial charge in [-0.2, -0.15) is 0 Å². The summed E-state index contributed by atoms with van der Waals surface area (Å²) in [5, 5.41) is 2.94. The molecule has 1 N–H and O–H groups in total. The Kier molecular flexibility index (Phi) is 3.50. The molecule has 0 spiro atoms. The Hall–Kier alpha value is -1.06. The molecule has 1 amide bonds. The molecule has 0 atom stereocenters. The Bertz CT molecular complexity index is 352. The van der Waals surface area contributed by atoms with Crippen molar-refractivity contribution in [2.75, 3.05) is 13.7 Å². The topological polar surface area (TPSA) is 55.4 Å². The molecular weight excluding hydrogens is 242 g/mol. The van der Waals surface area contributed by atoms with Gasteiger partial charge in [-0.15, -0.1) is 0 Å². The highest BCUT2D eigenvalue weighted by Gasteiger charge is 2.50. The molecule has 4 nitrogen and oxygen atoms in total. The van der Waals surface area contributed by atoms with E-state index in [1.807, 2.05) is 0 Å². The van der Waals surface area contributed by atoms with Gasteiger partial charge in [0.1, 0.15) is 0 Å². The normalized spacial score (nSPS) is 39.1. The highest BCUT2D eigenvalue weighted by Crippen LogP contribution is 2.56. The average Bonchev–Trinajstić information content (AvgIpc) is 2.37. The molecule has 4 rings (SSSR count). The summed E-state index contributed by atoms with van der Waals surface area (Å²) in [6, 6.07) is 0. The Morgan fingerprint density at radius 1 is 1.05 bits per heavy atom. The van der Waals surface area contributed by atoms with Crippen LogP contribution in [0.4, 0.5) is 0 Å². The summed E-state index contributed by atoms with van der Waals surface area (Å²) in [6.07, 6.45) is 6.69. The lowest BCUT2D eigenvalue weighted by Gasteiger charge is -2.53. The molecular formula is C15H23NO3. The molecule has 0 aliphatic heterocycles. The van der Waals surface area contributed by atoms with Gasteiger partial charge in [-0.1, -0.05) is 0 Å². The molecule has 0 aromatic carbocycles. The first-order chi connectivity index (χ1) is 9.17. The van der Waals surface area contributed by atoms with E-state index in [0.29, 0.717) is 18.4 Å². The van der Waals surface area contributed by atoms with E-state index in [-0.39, 0.29) is 24.2 Å². The van der Waals surface area contributed by atoms with Crippen molar-refractivity contribution >= 4 is 11.9 Å². The van der Waals surface area contributed by atoms with Crippen molar-refractivity contribution in [2.45, 2.75) is 38.5 Å². The van der Waals surface area contributed by atoms with Crippen molar-refractivity contribution in [3.63, 3.8) is 0 Å². The van der Waals surface area contributed by atoms with E-state index in [4.69, 9.17) is 0 Å². The molecule has 4 heteroatoms. The molecule has 106 valence electrons. The first kappa shape index (κ1) is 12.9. The molecule has 0 heterocycles. The van der Waals surface area contributed by atoms with Gasteiger partial charge in [-0.25, -0.2) is 0 Å². The van der Waals surface area contributed by atoms with Crippen molar-refractivity contribution in [1.82, 2.24) is 5.32 Å². The van der Waals surface area contributed by atoms with Gasteiger partial charge >= 0.3 is 5.97 Å². The zero-order valence-electron chi connectivity index (χ0n) is 11.6. The maximum absolute atomic E-state index is 12.3. The van der Waals surface area contributed by atoms with Crippen LogP contribution in [0.1, 0.15) is 38.5 Å². The second-order valence-corrected chi connectivity index (χ2v) is 6.57. The summed E-state index contributed by atoms with van der Waals surface area (Å²) in [5.74, 6) is 3.13. The molecule has 4 saturated carbocycles. The summed E-state index contributed by atoms with van der Waals surface area (Å²) < 4.78 is 4.58. The molecule has 0 radical (unpaired) electrons. The first-order valence-electron chi connectivity index (χ1n) is 7.52. The summed E-state index contributed by atoms with van der Waals surface area (Å²) in [4.78, 5) is 23.4. The number of carbonyl (C=O) groups is 2. The van der Waals surface area contributed by atoms with E-state index >= 15 is 0 Å². The molecule has 4 fully saturated rings. The lowest BCUT2D eigenvalue weighted by Crippen LogP contribution is -2.51. The van der Waals surface area contributed by atoms with Crippen LogP contribution in [0.2, 0.25) is 0 Å². The van der Waals surface area contributed by atoms with Crippen molar-refractivity contribution in [3.05, 3.63) is 0 Å². The molecule has 19 heavy (non-hydrogen) atoms. The Morgan fingerprint density at radius 3 is 2.16 bits per heavy atom. The average molecular weight is 265 g/mol. The quantitative estimate of drug-likeness (QED) is 0.788. The smallest absolute Gasteiger partial charge is 0.307 e. The number of amides is 1. The van der Waals surface area contributed by atoms with Crippen LogP contribution in [0, 0.1) is 29.6 Å². The van der Waals surface area contributed by atoms with Gasteiger partial charge in [-0.05, 0) is 55.8 Å². The van der Waals surface area contributed by atoms with Gasteiger partial charge < -0.3 is 10.1 Å². The predicted octanol–water partition coefficient (Wildman–Crippen LogP) is 1.74. The predicted molar refractivity (Wildman–Crippen MR) is 70.2 cm³/mol. The van der Waals surface area contributed by atoms with Crippen LogP contribution in [0.15, 0.2) is 0 Å². The van der Waals surface area contributed by atoms with Crippen LogP contribution >= 0.6 is 0 Å². The molecule has 0 saturated heterocycles. The van der Waals surface area contributed by atoms with E-state index < -0.39 is 0 Å². The number of esters is 1. The summed E-state index contributed by atoms with van der Waals surface area (Å²) in [5.41, 5.74) is 0. The van der Waals surface area contributed by atoms with Crippen LogP contribution < -0.4 is 5.32 Å². The third kappa shape index (κ3) is 2.49. The van der Waals surface area contributed by atoms with Crippen LogP contribution in [0.25, 0.3) is 0 Å². The van der Waals surface area contributed by atoms with Gasteiger partial charge in [-0.3, -0.25) is 9.59 Å². The SMILES string of the molecule is COC(=O)CCNC(=O)C1C2CC3CC(C2)CC1C3. The summed E-state index contributed by atoms with van der Waals surface area (Å²) >= 11 is 0. The van der Waals surface area contributed by atoms with Crippen molar-refractivity contribution < 1.29 is 14.3 Å². The van der Waals surface area contributed by atoms with Gasteiger partial charge in [0, 0.05) is 12.5 Å². The van der Waals surface area contributed by atoms with Gasteiger partial charge in [0.15, 0.2) is 0 Å². The lowest BCUT2D eigenvalue weighted by molar-refractivity contribution is -0.141. The Labute approximate surface area is 114 Å². The zero-order valence-corrected chi connectivity index (χ0v) is 11.6. The maximum Gasteiger partial charge on any atom is 0.307 e. The van der Waals surface area contributed by atoms with Gasteiger partial charge in [0.05, 0.1) is 13.5 Å². The minimum atomic E-state index is -0.259. The van der Waals surface area contributed by atoms with Crippen LogP contribution in [-0.4, -0.2) is 25.5 Å². The third-order valence-electron chi connectivity index (χ3n) is 5.39. The largest absolute Gasteiger partial charge is 0.469 e. The minimum absolute atomic E-state index is 0.178. The maximum atomic E-state index is 12.3. The first-order valence-corrected chi connectivity index (χ1v) is 7.52. The fourth-order valence-corrected chi connectivity index (χ4v) is 4.86.